The van der Waals surface area contributed by atoms with E-state index in [9.17, 15) is 13.9 Å². The standard InChI is InChI=1S/C26H27F2N3O3/c1-17-10-19(29-34-17)16-33-21-7-8-26-22(11-21)18(12-30-9-3-4-20(30)15-32)13-31(26)14-23-24(27)5-2-6-25(23)28/h2,5-8,10-11,13,20,32H,3-4,9,12,14-16H2,1H3/t20-/m0/s1. The van der Waals surface area contributed by atoms with Crippen LogP contribution >= 0.6 is 0 Å². The highest BCUT2D eigenvalue weighted by Crippen LogP contribution is 2.31. The summed E-state index contributed by atoms with van der Waals surface area (Å²) in [5.41, 5.74) is 2.62. The molecule has 34 heavy (non-hydrogen) atoms. The monoisotopic (exact) mass is 467 g/mol. The first-order valence-corrected chi connectivity index (χ1v) is 11.5. The summed E-state index contributed by atoms with van der Waals surface area (Å²) in [6.07, 6.45) is 3.95. The van der Waals surface area contributed by atoms with Crippen LogP contribution in [0.5, 0.6) is 5.75 Å². The minimum Gasteiger partial charge on any atom is -0.487 e. The van der Waals surface area contributed by atoms with Crippen molar-refractivity contribution in [2.75, 3.05) is 13.2 Å². The third-order valence-corrected chi connectivity index (χ3v) is 6.47. The van der Waals surface area contributed by atoms with E-state index < -0.39 is 11.6 Å². The highest BCUT2D eigenvalue weighted by atomic mass is 19.1. The molecule has 1 atom stereocenters. The second-order valence-corrected chi connectivity index (χ2v) is 8.83. The zero-order chi connectivity index (χ0) is 23.7. The van der Waals surface area contributed by atoms with Gasteiger partial charge in [-0.05, 0) is 62.2 Å². The first-order chi connectivity index (χ1) is 16.5. The molecule has 3 heterocycles. The van der Waals surface area contributed by atoms with Gasteiger partial charge in [0.05, 0.1) is 13.2 Å². The number of aromatic nitrogens is 2. The highest BCUT2D eigenvalue weighted by molar-refractivity contribution is 5.85. The summed E-state index contributed by atoms with van der Waals surface area (Å²) in [6, 6.07) is 11.6. The zero-order valence-corrected chi connectivity index (χ0v) is 19.0. The largest absolute Gasteiger partial charge is 0.487 e. The van der Waals surface area contributed by atoms with Gasteiger partial charge in [-0.2, -0.15) is 0 Å². The Bertz CT molecular complexity index is 1280. The van der Waals surface area contributed by atoms with E-state index in [2.05, 4.69) is 10.1 Å². The molecule has 1 aliphatic heterocycles. The summed E-state index contributed by atoms with van der Waals surface area (Å²) >= 11 is 0. The number of nitrogens with zero attached hydrogens (tertiary/aromatic N) is 3. The van der Waals surface area contributed by atoms with Crippen molar-refractivity contribution in [3.8, 4) is 5.75 Å². The number of rotatable bonds is 8. The molecule has 0 aliphatic carbocycles. The average Bonchev–Trinajstić information content (AvgIpc) is 3.54. The second-order valence-electron chi connectivity index (χ2n) is 8.83. The van der Waals surface area contributed by atoms with Gasteiger partial charge in [0.15, 0.2) is 0 Å². The normalized spacial score (nSPS) is 16.5. The molecule has 2 aromatic carbocycles. The summed E-state index contributed by atoms with van der Waals surface area (Å²) in [7, 11) is 0. The van der Waals surface area contributed by atoms with Crippen molar-refractivity contribution >= 4 is 10.9 Å². The molecule has 0 spiro atoms. The van der Waals surface area contributed by atoms with Crippen molar-refractivity contribution in [2.45, 2.75) is 45.5 Å². The van der Waals surface area contributed by atoms with E-state index in [1.165, 1.54) is 18.2 Å². The maximum Gasteiger partial charge on any atom is 0.134 e. The van der Waals surface area contributed by atoms with E-state index in [4.69, 9.17) is 9.26 Å². The Morgan fingerprint density at radius 1 is 1.15 bits per heavy atom. The maximum absolute atomic E-state index is 14.4. The van der Waals surface area contributed by atoms with Gasteiger partial charge < -0.3 is 18.9 Å². The minimum absolute atomic E-state index is 0.0297. The summed E-state index contributed by atoms with van der Waals surface area (Å²) in [6.45, 7) is 3.84. The van der Waals surface area contributed by atoms with Crippen LogP contribution in [0.25, 0.3) is 10.9 Å². The van der Waals surface area contributed by atoms with E-state index in [-0.39, 0.29) is 31.4 Å². The van der Waals surface area contributed by atoms with Crippen molar-refractivity contribution < 1.29 is 23.1 Å². The van der Waals surface area contributed by atoms with Crippen molar-refractivity contribution in [1.82, 2.24) is 14.6 Å². The fraction of sp³-hybridized carbons (Fsp3) is 0.346. The third kappa shape index (κ3) is 4.56. The number of aliphatic hydroxyl groups excluding tert-OH is 1. The second kappa shape index (κ2) is 9.56. The summed E-state index contributed by atoms with van der Waals surface area (Å²) in [5.74, 6) is 0.263. The predicted molar refractivity (Wildman–Crippen MR) is 123 cm³/mol. The number of fused-ring (bicyclic) bond motifs is 1. The number of halogens is 2. The summed E-state index contributed by atoms with van der Waals surface area (Å²) < 4.78 is 41.7. The molecule has 4 aromatic rings. The first-order valence-electron chi connectivity index (χ1n) is 11.5. The Balaban J connectivity index is 1.48. The smallest absolute Gasteiger partial charge is 0.134 e. The van der Waals surface area contributed by atoms with Crippen LogP contribution in [0.3, 0.4) is 0 Å². The molecule has 1 aliphatic rings. The highest BCUT2D eigenvalue weighted by Gasteiger charge is 2.25. The molecular formula is C26H27F2N3O3. The van der Waals surface area contributed by atoms with Crippen LogP contribution in [0.15, 0.2) is 53.2 Å². The molecule has 8 heteroatoms. The van der Waals surface area contributed by atoms with Crippen LogP contribution in [0.4, 0.5) is 8.78 Å². The molecule has 1 saturated heterocycles. The van der Waals surface area contributed by atoms with Gasteiger partial charge in [-0.3, -0.25) is 4.90 Å². The van der Waals surface area contributed by atoms with Crippen LogP contribution in [0.1, 0.15) is 35.4 Å². The fourth-order valence-corrected chi connectivity index (χ4v) is 4.72. The average molecular weight is 468 g/mol. The van der Waals surface area contributed by atoms with Gasteiger partial charge in [0.25, 0.3) is 0 Å². The van der Waals surface area contributed by atoms with Crippen molar-refractivity contribution in [2.24, 2.45) is 0 Å². The summed E-state index contributed by atoms with van der Waals surface area (Å²) in [4.78, 5) is 2.26. The molecule has 178 valence electrons. The lowest BCUT2D eigenvalue weighted by atomic mass is 10.1. The van der Waals surface area contributed by atoms with Crippen molar-refractivity contribution in [3.63, 3.8) is 0 Å². The topological polar surface area (TPSA) is 63.7 Å². The Labute approximate surface area is 196 Å². The van der Waals surface area contributed by atoms with Crippen molar-refractivity contribution in [1.29, 1.82) is 0 Å². The van der Waals surface area contributed by atoms with Gasteiger partial charge in [-0.1, -0.05) is 11.2 Å². The van der Waals surface area contributed by atoms with Gasteiger partial charge in [-0.25, -0.2) is 8.78 Å². The Morgan fingerprint density at radius 3 is 2.71 bits per heavy atom. The number of aliphatic hydroxyl groups is 1. The number of hydrogen-bond acceptors (Lipinski definition) is 5. The zero-order valence-electron chi connectivity index (χ0n) is 19.0. The number of likely N-dealkylation sites (tertiary alicyclic amines) is 1. The molecule has 0 amide bonds. The summed E-state index contributed by atoms with van der Waals surface area (Å²) in [5, 5.41) is 14.7. The van der Waals surface area contributed by atoms with E-state index in [0.717, 1.165) is 41.6 Å². The lowest BCUT2D eigenvalue weighted by molar-refractivity contribution is 0.154. The lowest BCUT2D eigenvalue weighted by Crippen LogP contribution is -2.31. The fourth-order valence-electron chi connectivity index (χ4n) is 4.72. The lowest BCUT2D eigenvalue weighted by Gasteiger charge is -2.22. The van der Waals surface area contributed by atoms with E-state index >= 15 is 0 Å². The van der Waals surface area contributed by atoms with Gasteiger partial charge in [-0.15, -0.1) is 0 Å². The van der Waals surface area contributed by atoms with Gasteiger partial charge in [0.1, 0.15) is 35.4 Å². The SMILES string of the molecule is Cc1cc(COc2ccc3c(c2)c(CN2CCC[C@H]2CO)cn3Cc2c(F)cccc2F)no1. The van der Waals surface area contributed by atoms with Crippen LogP contribution in [-0.2, 0) is 19.7 Å². The van der Waals surface area contributed by atoms with Crippen LogP contribution in [0, 0.1) is 18.6 Å². The Hall–Kier alpha value is -3.23. The molecule has 5 rings (SSSR count). The number of aryl methyl sites for hydroxylation is 1. The predicted octanol–water partition coefficient (Wildman–Crippen LogP) is 4.80. The minimum atomic E-state index is -0.564. The Morgan fingerprint density at radius 2 is 1.97 bits per heavy atom. The van der Waals surface area contributed by atoms with Crippen LogP contribution < -0.4 is 4.74 Å². The molecule has 0 radical (unpaired) electrons. The number of hydrogen-bond donors (Lipinski definition) is 1. The molecular weight excluding hydrogens is 440 g/mol. The first kappa shape index (κ1) is 22.6. The van der Waals surface area contributed by atoms with E-state index in [1.54, 1.807) is 0 Å². The van der Waals surface area contributed by atoms with Crippen LogP contribution in [0.2, 0.25) is 0 Å². The molecule has 6 nitrogen and oxygen atoms in total. The van der Waals surface area contributed by atoms with E-state index in [1.807, 2.05) is 42.0 Å². The van der Waals surface area contributed by atoms with Crippen LogP contribution in [-0.4, -0.2) is 38.9 Å². The van der Waals surface area contributed by atoms with Gasteiger partial charge in [0, 0.05) is 41.3 Å². The van der Waals surface area contributed by atoms with Gasteiger partial charge >= 0.3 is 0 Å². The Kier molecular flexibility index (Phi) is 6.34. The van der Waals surface area contributed by atoms with Crippen molar-refractivity contribution in [3.05, 3.63) is 82.9 Å². The molecule has 0 bridgehead atoms. The molecule has 1 N–H and O–H groups in total. The molecule has 0 unspecified atom stereocenters. The van der Waals surface area contributed by atoms with Gasteiger partial charge in [0.2, 0.25) is 0 Å². The maximum atomic E-state index is 14.4. The molecule has 0 saturated carbocycles. The molecule has 2 aromatic heterocycles. The van der Waals surface area contributed by atoms with E-state index in [0.29, 0.717) is 18.0 Å². The number of ether oxygens (including phenoxy) is 1. The number of benzene rings is 2. The third-order valence-electron chi connectivity index (χ3n) is 6.47. The quantitative estimate of drug-likeness (QED) is 0.403. The molecule has 1 fully saturated rings.